The van der Waals surface area contributed by atoms with Gasteiger partial charge in [-0.15, -0.1) is 0 Å². The van der Waals surface area contributed by atoms with Crippen molar-refractivity contribution in [2.75, 3.05) is 13.7 Å². The summed E-state index contributed by atoms with van der Waals surface area (Å²) in [4.78, 5) is 23.9. The van der Waals surface area contributed by atoms with Gasteiger partial charge in [0.15, 0.2) is 0 Å². The van der Waals surface area contributed by atoms with E-state index in [0.717, 1.165) is 0 Å². The second-order valence-corrected chi connectivity index (χ2v) is 3.30. The highest BCUT2D eigenvalue weighted by Crippen LogP contribution is 2.12. The molecule has 1 rings (SSSR count). The largest absolute Gasteiger partial charge is 0.380 e. The number of likely N-dealkylation sites (tertiary alicyclic amines) is 1. The fourth-order valence-electron chi connectivity index (χ4n) is 1.34. The van der Waals surface area contributed by atoms with Crippen LogP contribution in [0.4, 0.5) is 0 Å². The Bertz CT molecular complexity index is 199. The predicted molar refractivity (Wildman–Crippen MR) is 47.0 cm³/mol. The van der Waals surface area contributed by atoms with E-state index in [-0.39, 0.29) is 17.9 Å². The van der Waals surface area contributed by atoms with E-state index in [9.17, 15) is 9.59 Å². The zero-order valence-electron chi connectivity index (χ0n) is 8.08. The summed E-state index contributed by atoms with van der Waals surface area (Å²) in [5.41, 5.74) is 0. The average Bonchev–Trinajstić information content (AvgIpc) is 2.11. The van der Waals surface area contributed by atoms with Gasteiger partial charge in [-0.1, -0.05) is 0 Å². The van der Waals surface area contributed by atoms with Crippen molar-refractivity contribution in [3.05, 3.63) is 0 Å². The van der Waals surface area contributed by atoms with Crippen LogP contribution in [0, 0.1) is 0 Å². The van der Waals surface area contributed by atoms with Crippen LogP contribution >= 0.6 is 0 Å². The predicted octanol–water partition coefficient (Wildman–Crippen LogP) is 0.560. The number of nitrogens with zero attached hydrogens (tertiary/aromatic N) is 1. The van der Waals surface area contributed by atoms with E-state index < -0.39 is 0 Å². The molecule has 1 saturated heterocycles. The van der Waals surface area contributed by atoms with Crippen LogP contribution in [0.5, 0.6) is 0 Å². The number of carbonyl (C=O) groups excluding carboxylic acids is 2. The molecular weight excluding hydrogens is 170 g/mol. The van der Waals surface area contributed by atoms with Crippen LogP contribution in [-0.4, -0.2) is 36.5 Å². The normalized spacial score (nSPS) is 20.6. The highest BCUT2D eigenvalue weighted by Gasteiger charge is 2.26. The molecule has 0 saturated carbocycles. The van der Waals surface area contributed by atoms with Crippen LogP contribution in [0.3, 0.4) is 0 Å². The molecule has 74 valence electrons. The van der Waals surface area contributed by atoms with Gasteiger partial charge in [0.2, 0.25) is 11.8 Å². The third kappa shape index (κ3) is 2.52. The fourth-order valence-corrected chi connectivity index (χ4v) is 1.34. The third-order valence-corrected chi connectivity index (χ3v) is 2.23. The third-order valence-electron chi connectivity index (χ3n) is 2.23. The molecule has 13 heavy (non-hydrogen) atoms. The molecule has 4 nitrogen and oxygen atoms in total. The van der Waals surface area contributed by atoms with E-state index in [4.69, 9.17) is 4.74 Å². The summed E-state index contributed by atoms with van der Waals surface area (Å²) in [6, 6.07) is 0. The Balaban J connectivity index is 2.54. The van der Waals surface area contributed by atoms with Crippen LogP contribution in [-0.2, 0) is 14.3 Å². The minimum atomic E-state index is -0.0778. The van der Waals surface area contributed by atoms with E-state index in [2.05, 4.69) is 0 Å². The molecular formula is C9H15NO3. The average molecular weight is 185 g/mol. The van der Waals surface area contributed by atoms with Crippen molar-refractivity contribution in [1.82, 2.24) is 4.90 Å². The molecule has 1 aliphatic rings. The molecule has 0 aromatic rings. The van der Waals surface area contributed by atoms with E-state index in [1.165, 1.54) is 4.90 Å². The van der Waals surface area contributed by atoms with Gasteiger partial charge in [-0.3, -0.25) is 14.5 Å². The Labute approximate surface area is 77.8 Å². The van der Waals surface area contributed by atoms with Crippen molar-refractivity contribution in [2.45, 2.75) is 32.3 Å². The van der Waals surface area contributed by atoms with Gasteiger partial charge < -0.3 is 4.74 Å². The van der Waals surface area contributed by atoms with Crippen molar-refractivity contribution in [3.8, 4) is 0 Å². The first-order valence-corrected chi connectivity index (χ1v) is 4.51. The highest BCUT2D eigenvalue weighted by atomic mass is 16.5. The molecule has 0 radical (unpaired) electrons. The summed E-state index contributed by atoms with van der Waals surface area (Å²) in [5, 5.41) is 0. The Morgan fingerprint density at radius 2 is 1.92 bits per heavy atom. The number of methoxy groups -OCH3 is 1. The lowest BCUT2D eigenvalue weighted by molar-refractivity contribution is -0.149. The Morgan fingerprint density at radius 1 is 1.38 bits per heavy atom. The number of piperidine rings is 1. The van der Waals surface area contributed by atoms with Gasteiger partial charge in [-0.05, 0) is 13.3 Å². The van der Waals surface area contributed by atoms with Crippen molar-refractivity contribution in [1.29, 1.82) is 0 Å². The van der Waals surface area contributed by atoms with Crippen molar-refractivity contribution >= 4 is 11.8 Å². The molecule has 0 aromatic heterocycles. The molecule has 0 aliphatic carbocycles. The maximum absolute atomic E-state index is 11.3. The zero-order valence-corrected chi connectivity index (χ0v) is 8.08. The first-order chi connectivity index (χ1) is 6.15. The smallest absolute Gasteiger partial charge is 0.229 e. The Morgan fingerprint density at radius 3 is 2.38 bits per heavy atom. The molecule has 0 bridgehead atoms. The molecule has 1 unspecified atom stereocenters. The van der Waals surface area contributed by atoms with Gasteiger partial charge in [-0.25, -0.2) is 0 Å². The summed E-state index contributed by atoms with van der Waals surface area (Å²) in [5.74, 6) is -0.139. The first-order valence-electron chi connectivity index (χ1n) is 4.51. The van der Waals surface area contributed by atoms with Crippen LogP contribution in [0.25, 0.3) is 0 Å². The van der Waals surface area contributed by atoms with Crippen LogP contribution in [0.1, 0.15) is 26.2 Å². The second kappa shape index (κ2) is 4.37. The first kappa shape index (κ1) is 10.2. The minimum Gasteiger partial charge on any atom is -0.380 e. The van der Waals surface area contributed by atoms with Crippen LogP contribution in [0.2, 0.25) is 0 Å². The number of amides is 2. The van der Waals surface area contributed by atoms with Crippen molar-refractivity contribution in [3.63, 3.8) is 0 Å². The van der Waals surface area contributed by atoms with Gasteiger partial charge in [0.25, 0.3) is 0 Å². The Hall–Kier alpha value is -0.900. The van der Waals surface area contributed by atoms with E-state index in [1.807, 2.05) is 6.92 Å². The summed E-state index contributed by atoms with van der Waals surface area (Å²) in [7, 11) is 1.57. The number of carbonyl (C=O) groups is 2. The fraction of sp³-hybridized carbons (Fsp3) is 0.778. The molecule has 1 fully saturated rings. The maximum Gasteiger partial charge on any atom is 0.229 e. The quantitative estimate of drug-likeness (QED) is 0.603. The lowest BCUT2D eigenvalue weighted by Crippen LogP contribution is -2.44. The van der Waals surface area contributed by atoms with Gasteiger partial charge in [0, 0.05) is 20.0 Å². The number of imide groups is 1. The summed E-state index contributed by atoms with van der Waals surface area (Å²) in [6.07, 6.45) is 1.59. The molecule has 4 heteroatoms. The lowest BCUT2D eigenvalue weighted by Gasteiger charge is -2.26. The van der Waals surface area contributed by atoms with Crippen molar-refractivity contribution in [2.24, 2.45) is 0 Å². The molecule has 1 aliphatic heterocycles. The molecule has 0 N–H and O–H groups in total. The number of hydrogen-bond donors (Lipinski definition) is 0. The SMILES string of the molecule is COC(C)CN1C(=O)CCCC1=O. The topological polar surface area (TPSA) is 46.6 Å². The monoisotopic (exact) mass is 185 g/mol. The summed E-state index contributed by atoms with van der Waals surface area (Å²) >= 11 is 0. The van der Waals surface area contributed by atoms with E-state index in [1.54, 1.807) is 7.11 Å². The molecule has 1 heterocycles. The van der Waals surface area contributed by atoms with Crippen LogP contribution in [0.15, 0.2) is 0 Å². The summed E-state index contributed by atoms with van der Waals surface area (Å²) in [6.45, 7) is 2.23. The standard InChI is InChI=1S/C9H15NO3/c1-7(13-2)6-10-8(11)4-3-5-9(10)12/h7H,3-6H2,1-2H3. The minimum absolute atomic E-state index is 0.0693. The molecule has 1 atom stereocenters. The number of ether oxygens (including phenoxy) is 1. The maximum atomic E-state index is 11.3. The highest BCUT2D eigenvalue weighted by molar-refractivity contribution is 5.97. The number of rotatable bonds is 3. The van der Waals surface area contributed by atoms with Gasteiger partial charge >= 0.3 is 0 Å². The zero-order chi connectivity index (χ0) is 9.84. The van der Waals surface area contributed by atoms with Gasteiger partial charge in [0.05, 0.1) is 12.6 Å². The Kier molecular flexibility index (Phi) is 3.42. The molecule has 2 amide bonds. The molecule has 0 aromatic carbocycles. The van der Waals surface area contributed by atoms with Crippen LogP contribution < -0.4 is 0 Å². The number of hydrogen-bond acceptors (Lipinski definition) is 3. The van der Waals surface area contributed by atoms with E-state index in [0.29, 0.717) is 25.8 Å². The van der Waals surface area contributed by atoms with Gasteiger partial charge in [-0.2, -0.15) is 0 Å². The van der Waals surface area contributed by atoms with E-state index >= 15 is 0 Å². The second-order valence-electron chi connectivity index (χ2n) is 3.30. The summed E-state index contributed by atoms with van der Waals surface area (Å²) < 4.78 is 5.00. The lowest BCUT2D eigenvalue weighted by atomic mass is 10.1. The van der Waals surface area contributed by atoms with Crippen molar-refractivity contribution < 1.29 is 14.3 Å². The molecule has 0 spiro atoms. The van der Waals surface area contributed by atoms with Gasteiger partial charge in [0.1, 0.15) is 0 Å².